The first-order valence-electron chi connectivity index (χ1n) is 6.22. The standard InChI is InChI=1S/C15H13FN2S2/c16-11-5-3-4-10(8-11)12(17)9-19-15-18-13-6-1-2-7-14(13)20-15/h1-8,12H,9,17H2. The largest absolute Gasteiger partial charge is 0.323 e. The highest BCUT2D eigenvalue weighted by Crippen LogP contribution is 2.31. The monoisotopic (exact) mass is 304 g/mol. The van der Waals surface area contributed by atoms with Gasteiger partial charge in [0.25, 0.3) is 0 Å². The summed E-state index contributed by atoms with van der Waals surface area (Å²) in [5.74, 6) is 0.437. The normalized spacial score (nSPS) is 12.7. The molecular formula is C15H13FN2S2. The van der Waals surface area contributed by atoms with E-state index in [9.17, 15) is 4.39 Å². The zero-order valence-corrected chi connectivity index (χ0v) is 12.3. The Morgan fingerprint density at radius 1 is 1.20 bits per heavy atom. The molecule has 0 amide bonds. The molecule has 3 aromatic rings. The molecule has 0 aliphatic heterocycles. The van der Waals surface area contributed by atoms with Crippen molar-refractivity contribution in [2.45, 2.75) is 10.4 Å². The highest BCUT2D eigenvalue weighted by molar-refractivity contribution is 8.01. The molecule has 2 nitrogen and oxygen atoms in total. The molecule has 0 fully saturated rings. The third-order valence-corrected chi connectivity index (χ3v) is 5.24. The SMILES string of the molecule is NC(CSc1nc2ccccc2s1)c1cccc(F)c1. The van der Waals surface area contributed by atoms with E-state index in [-0.39, 0.29) is 11.9 Å². The van der Waals surface area contributed by atoms with Gasteiger partial charge < -0.3 is 5.73 Å². The van der Waals surface area contributed by atoms with E-state index in [0.717, 1.165) is 15.4 Å². The highest BCUT2D eigenvalue weighted by Gasteiger charge is 2.10. The molecule has 1 atom stereocenters. The lowest BCUT2D eigenvalue weighted by molar-refractivity contribution is 0.622. The summed E-state index contributed by atoms with van der Waals surface area (Å²) in [4.78, 5) is 4.55. The van der Waals surface area contributed by atoms with Gasteiger partial charge in [-0.05, 0) is 29.8 Å². The molecule has 0 saturated heterocycles. The van der Waals surface area contributed by atoms with Crippen molar-refractivity contribution >= 4 is 33.3 Å². The van der Waals surface area contributed by atoms with Crippen molar-refractivity contribution in [1.82, 2.24) is 4.98 Å². The van der Waals surface area contributed by atoms with Gasteiger partial charge in [-0.25, -0.2) is 9.37 Å². The maximum Gasteiger partial charge on any atom is 0.151 e. The molecule has 0 bridgehead atoms. The number of rotatable bonds is 4. The van der Waals surface area contributed by atoms with Crippen LogP contribution >= 0.6 is 23.1 Å². The number of hydrogen-bond acceptors (Lipinski definition) is 4. The van der Waals surface area contributed by atoms with Crippen LogP contribution in [0.2, 0.25) is 0 Å². The minimum Gasteiger partial charge on any atom is -0.323 e. The molecular weight excluding hydrogens is 291 g/mol. The van der Waals surface area contributed by atoms with E-state index < -0.39 is 0 Å². The van der Waals surface area contributed by atoms with E-state index in [1.807, 2.05) is 24.3 Å². The first-order chi connectivity index (χ1) is 9.72. The van der Waals surface area contributed by atoms with Crippen LogP contribution in [-0.2, 0) is 0 Å². The zero-order chi connectivity index (χ0) is 13.9. The average molecular weight is 304 g/mol. The van der Waals surface area contributed by atoms with E-state index in [1.54, 1.807) is 29.2 Å². The average Bonchev–Trinajstić information content (AvgIpc) is 2.87. The molecule has 5 heteroatoms. The number of thioether (sulfide) groups is 1. The molecule has 0 spiro atoms. The lowest BCUT2D eigenvalue weighted by atomic mass is 10.1. The number of hydrogen-bond donors (Lipinski definition) is 1. The van der Waals surface area contributed by atoms with Crippen LogP contribution in [0.25, 0.3) is 10.2 Å². The molecule has 2 aromatic carbocycles. The van der Waals surface area contributed by atoms with Crippen molar-refractivity contribution in [3.8, 4) is 0 Å². The number of thiazole rings is 1. The summed E-state index contributed by atoms with van der Waals surface area (Å²) in [5, 5.41) is 0. The summed E-state index contributed by atoms with van der Waals surface area (Å²) in [6.45, 7) is 0. The van der Waals surface area contributed by atoms with Gasteiger partial charge >= 0.3 is 0 Å². The van der Waals surface area contributed by atoms with Crippen molar-refractivity contribution in [3.63, 3.8) is 0 Å². The Bertz CT molecular complexity index is 693. The Morgan fingerprint density at radius 3 is 2.85 bits per heavy atom. The third kappa shape index (κ3) is 3.00. The molecule has 1 heterocycles. The van der Waals surface area contributed by atoms with Crippen molar-refractivity contribution in [2.75, 3.05) is 5.75 Å². The van der Waals surface area contributed by atoms with E-state index in [1.165, 1.54) is 16.8 Å². The lowest BCUT2D eigenvalue weighted by Crippen LogP contribution is -2.13. The van der Waals surface area contributed by atoms with E-state index in [2.05, 4.69) is 11.1 Å². The fourth-order valence-electron chi connectivity index (χ4n) is 1.91. The minimum atomic E-state index is -0.247. The highest BCUT2D eigenvalue weighted by atomic mass is 32.2. The van der Waals surface area contributed by atoms with E-state index in [4.69, 9.17) is 5.73 Å². The molecule has 3 rings (SSSR count). The summed E-state index contributed by atoms with van der Waals surface area (Å²) < 4.78 is 15.3. The number of nitrogens with zero attached hydrogens (tertiary/aromatic N) is 1. The second-order valence-corrected chi connectivity index (χ2v) is 6.72. The first-order valence-corrected chi connectivity index (χ1v) is 8.02. The van der Waals surface area contributed by atoms with Gasteiger partial charge in [-0.1, -0.05) is 36.0 Å². The number of aromatic nitrogens is 1. The quantitative estimate of drug-likeness (QED) is 0.733. The molecule has 102 valence electrons. The number of fused-ring (bicyclic) bond motifs is 1. The summed E-state index contributed by atoms with van der Waals surface area (Å²) in [6.07, 6.45) is 0. The molecule has 20 heavy (non-hydrogen) atoms. The second kappa shape index (κ2) is 5.91. The van der Waals surface area contributed by atoms with Gasteiger partial charge in [-0.2, -0.15) is 0 Å². The number of nitrogens with two attached hydrogens (primary N) is 1. The van der Waals surface area contributed by atoms with Crippen LogP contribution in [0.15, 0.2) is 52.9 Å². The van der Waals surface area contributed by atoms with Gasteiger partial charge in [0.05, 0.1) is 10.2 Å². The summed E-state index contributed by atoms with van der Waals surface area (Å²) in [5.41, 5.74) is 7.93. The van der Waals surface area contributed by atoms with Crippen LogP contribution in [0, 0.1) is 5.82 Å². The lowest BCUT2D eigenvalue weighted by Gasteiger charge is -2.10. The topological polar surface area (TPSA) is 38.9 Å². The van der Waals surface area contributed by atoms with Gasteiger partial charge in [-0.3, -0.25) is 0 Å². The van der Waals surface area contributed by atoms with Crippen LogP contribution in [0.3, 0.4) is 0 Å². The Hall–Kier alpha value is -1.43. The summed E-state index contributed by atoms with van der Waals surface area (Å²) in [6, 6.07) is 14.3. The van der Waals surface area contributed by atoms with Crippen LogP contribution in [-0.4, -0.2) is 10.7 Å². The van der Waals surface area contributed by atoms with Crippen molar-refractivity contribution in [1.29, 1.82) is 0 Å². The molecule has 0 radical (unpaired) electrons. The number of halogens is 1. The first kappa shape index (κ1) is 13.5. The van der Waals surface area contributed by atoms with Crippen LogP contribution in [0.4, 0.5) is 4.39 Å². The maximum absolute atomic E-state index is 13.2. The molecule has 0 saturated carbocycles. The third-order valence-electron chi connectivity index (χ3n) is 2.94. The van der Waals surface area contributed by atoms with E-state index >= 15 is 0 Å². The smallest absolute Gasteiger partial charge is 0.151 e. The molecule has 1 unspecified atom stereocenters. The van der Waals surface area contributed by atoms with Crippen LogP contribution < -0.4 is 5.73 Å². The summed E-state index contributed by atoms with van der Waals surface area (Å²) in [7, 11) is 0. The van der Waals surface area contributed by atoms with Crippen molar-refractivity contribution in [3.05, 3.63) is 59.9 Å². The van der Waals surface area contributed by atoms with Crippen molar-refractivity contribution in [2.24, 2.45) is 5.73 Å². The second-order valence-electron chi connectivity index (χ2n) is 4.42. The molecule has 2 N–H and O–H groups in total. The predicted molar refractivity (Wildman–Crippen MR) is 83.7 cm³/mol. The maximum atomic E-state index is 13.2. The Labute approximate surface area is 124 Å². The van der Waals surface area contributed by atoms with Crippen molar-refractivity contribution < 1.29 is 4.39 Å². The fraction of sp³-hybridized carbons (Fsp3) is 0.133. The number of benzene rings is 2. The van der Waals surface area contributed by atoms with Crippen LogP contribution in [0.5, 0.6) is 0 Å². The van der Waals surface area contributed by atoms with Gasteiger partial charge in [-0.15, -0.1) is 11.3 Å². The van der Waals surface area contributed by atoms with Crippen LogP contribution in [0.1, 0.15) is 11.6 Å². The fourth-order valence-corrected chi connectivity index (χ4v) is 3.99. The molecule has 0 aliphatic carbocycles. The Morgan fingerprint density at radius 2 is 2.05 bits per heavy atom. The van der Waals surface area contributed by atoms with Gasteiger partial charge in [0.15, 0.2) is 4.34 Å². The van der Waals surface area contributed by atoms with E-state index in [0.29, 0.717) is 5.75 Å². The number of para-hydroxylation sites is 1. The summed E-state index contributed by atoms with van der Waals surface area (Å²) >= 11 is 3.27. The zero-order valence-electron chi connectivity index (χ0n) is 10.6. The Balaban J connectivity index is 1.69. The molecule has 0 aliphatic rings. The predicted octanol–water partition coefficient (Wildman–Crippen LogP) is 4.23. The minimum absolute atomic E-state index is 0.192. The van der Waals surface area contributed by atoms with Gasteiger partial charge in [0.2, 0.25) is 0 Å². The van der Waals surface area contributed by atoms with Gasteiger partial charge in [0.1, 0.15) is 5.82 Å². The molecule has 1 aromatic heterocycles. The Kier molecular flexibility index (Phi) is 4.00. The van der Waals surface area contributed by atoms with Gasteiger partial charge in [0, 0.05) is 11.8 Å².